The summed E-state index contributed by atoms with van der Waals surface area (Å²) in [5, 5.41) is 8.40. The maximum absolute atomic E-state index is 11.4. The van der Waals surface area contributed by atoms with Crippen LogP contribution >= 0.6 is 0 Å². The Morgan fingerprint density at radius 2 is 2.00 bits per heavy atom. The highest BCUT2D eigenvalue weighted by Crippen LogP contribution is 2.20. The Morgan fingerprint density at radius 1 is 1.33 bits per heavy atom. The Labute approximate surface area is 125 Å². The standard InChI is InChI=1S/C13H22N4O3S/c1-10(9-17-2-4-20-5-3-17)16-12-6-11(14)7-13(8-12)21(15,18)19/h6-8,10,16H,2-5,9,14H2,1H3,(H2,15,18,19). The molecule has 1 aliphatic heterocycles. The van der Waals surface area contributed by atoms with E-state index in [-0.39, 0.29) is 10.9 Å². The first-order valence-electron chi connectivity index (χ1n) is 6.84. The zero-order valence-electron chi connectivity index (χ0n) is 12.1. The lowest BCUT2D eigenvalue weighted by molar-refractivity contribution is 0.0368. The van der Waals surface area contributed by atoms with Crippen LogP contribution in [0.1, 0.15) is 6.92 Å². The Hall–Kier alpha value is -1.35. The predicted octanol–water partition coefficient (Wildman–Crippen LogP) is 0.0488. The Bertz CT molecular complexity index is 585. The summed E-state index contributed by atoms with van der Waals surface area (Å²) in [5.41, 5.74) is 6.75. The van der Waals surface area contributed by atoms with Crippen LogP contribution in [0, 0.1) is 0 Å². The Morgan fingerprint density at radius 3 is 2.62 bits per heavy atom. The molecule has 8 heteroatoms. The molecule has 1 heterocycles. The van der Waals surface area contributed by atoms with Gasteiger partial charge in [0, 0.05) is 37.1 Å². The molecule has 1 fully saturated rings. The van der Waals surface area contributed by atoms with Crippen molar-refractivity contribution in [2.75, 3.05) is 43.9 Å². The molecule has 5 N–H and O–H groups in total. The Kier molecular flexibility index (Phi) is 5.04. The fraction of sp³-hybridized carbons (Fsp3) is 0.538. The second kappa shape index (κ2) is 6.61. The quantitative estimate of drug-likeness (QED) is 0.662. The molecular formula is C13H22N4O3S. The van der Waals surface area contributed by atoms with Crippen molar-refractivity contribution >= 4 is 21.4 Å². The molecule has 118 valence electrons. The minimum atomic E-state index is -3.76. The lowest BCUT2D eigenvalue weighted by Gasteiger charge is -2.29. The first-order chi connectivity index (χ1) is 9.84. The molecule has 1 atom stereocenters. The van der Waals surface area contributed by atoms with Gasteiger partial charge in [-0.05, 0) is 25.1 Å². The van der Waals surface area contributed by atoms with Crippen molar-refractivity contribution in [2.45, 2.75) is 17.9 Å². The van der Waals surface area contributed by atoms with E-state index in [1.54, 1.807) is 6.07 Å². The van der Waals surface area contributed by atoms with Crippen molar-refractivity contribution in [1.29, 1.82) is 0 Å². The summed E-state index contributed by atoms with van der Waals surface area (Å²) in [4.78, 5) is 2.32. The van der Waals surface area contributed by atoms with Gasteiger partial charge >= 0.3 is 0 Å². The lowest BCUT2D eigenvalue weighted by atomic mass is 10.2. The number of rotatable bonds is 5. The molecule has 0 saturated carbocycles. The maximum Gasteiger partial charge on any atom is 0.238 e. The molecule has 0 bridgehead atoms. The van der Waals surface area contributed by atoms with Gasteiger partial charge in [-0.3, -0.25) is 4.90 Å². The molecule has 1 aliphatic rings. The number of primary sulfonamides is 1. The molecule has 0 amide bonds. The van der Waals surface area contributed by atoms with Crippen LogP contribution in [0.4, 0.5) is 11.4 Å². The van der Waals surface area contributed by atoms with Crippen LogP contribution in [-0.4, -0.2) is 52.2 Å². The van der Waals surface area contributed by atoms with Gasteiger partial charge in [-0.1, -0.05) is 0 Å². The summed E-state index contributed by atoms with van der Waals surface area (Å²) in [6.45, 7) is 6.20. The molecule has 1 aromatic rings. The van der Waals surface area contributed by atoms with Gasteiger partial charge in [0.05, 0.1) is 18.1 Å². The minimum absolute atomic E-state index is 0.0172. The zero-order valence-corrected chi connectivity index (χ0v) is 12.9. The third kappa shape index (κ3) is 4.85. The SMILES string of the molecule is CC(CN1CCOCC1)Nc1cc(N)cc(S(N)(=O)=O)c1. The van der Waals surface area contributed by atoms with E-state index in [1.165, 1.54) is 12.1 Å². The van der Waals surface area contributed by atoms with Crippen LogP contribution in [0.15, 0.2) is 23.1 Å². The summed E-state index contributed by atoms with van der Waals surface area (Å²) in [5.74, 6) is 0. The smallest absolute Gasteiger partial charge is 0.238 e. The number of nitrogens with zero attached hydrogens (tertiary/aromatic N) is 1. The van der Waals surface area contributed by atoms with E-state index in [1.807, 2.05) is 6.92 Å². The molecule has 0 aliphatic carbocycles. The van der Waals surface area contributed by atoms with E-state index in [2.05, 4.69) is 10.2 Å². The number of hydrogen-bond donors (Lipinski definition) is 3. The number of hydrogen-bond acceptors (Lipinski definition) is 6. The third-order valence-corrected chi connectivity index (χ3v) is 4.20. The Balaban J connectivity index is 2.03. The molecule has 1 saturated heterocycles. The fourth-order valence-corrected chi connectivity index (χ4v) is 2.96. The molecule has 0 aromatic heterocycles. The van der Waals surface area contributed by atoms with E-state index < -0.39 is 10.0 Å². The van der Waals surface area contributed by atoms with Crippen molar-refractivity contribution in [3.63, 3.8) is 0 Å². The number of sulfonamides is 1. The number of nitrogens with one attached hydrogen (secondary N) is 1. The number of morpholine rings is 1. The lowest BCUT2D eigenvalue weighted by Crippen LogP contribution is -2.42. The van der Waals surface area contributed by atoms with Crippen LogP contribution in [0.5, 0.6) is 0 Å². The van der Waals surface area contributed by atoms with Gasteiger partial charge in [-0.2, -0.15) is 0 Å². The van der Waals surface area contributed by atoms with Crippen LogP contribution in [0.3, 0.4) is 0 Å². The average Bonchev–Trinajstić information content (AvgIpc) is 2.37. The first-order valence-corrected chi connectivity index (χ1v) is 8.39. The van der Waals surface area contributed by atoms with E-state index in [0.29, 0.717) is 11.4 Å². The normalized spacial score (nSPS) is 18.4. The molecule has 1 aromatic carbocycles. The van der Waals surface area contributed by atoms with Gasteiger partial charge < -0.3 is 15.8 Å². The zero-order chi connectivity index (χ0) is 15.5. The molecular weight excluding hydrogens is 292 g/mol. The largest absolute Gasteiger partial charge is 0.399 e. The van der Waals surface area contributed by atoms with Crippen molar-refractivity contribution in [3.05, 3.63) is 18.2 Å². The van der Waals surface area contributed by atoms with Gasteiger partial charge in [-0.15, -0.1) is 0 Å². The monoisotopic (exact) mass is 314 g/mol. The summed E-state index contributed by atoms with van der Waals surface area (Å²) in [7, 11) is -3.76. The number of ether oxygens (including phenoxy) is 1. The van der Waals surface area contributed by atoms with E-state index >= 15 is 0 Å². The molecule has 2 rings (SSSR count). The highest BCUT2D eigenvalue weighted by molar-refractivity contribution is 7.89. The van der Waals surface area contributed by atoms with Crippen LogP contribution < -0.4 is 16.2 Å². The maximum atomic E-state index is 11.4. The summed E-state index contributed by atoms with van der Waals surface area (Å²) in [6.07, 6.45) is 0. The van der Waals surface area contributed by atoms with E-state index in [4.69, 9.17) is 15.6 Å². The molecule has 0 radical (unpaired) electrons. The van der Waals surface area contributed by atoms with Gasteiger partial charge in [0.25, 0.3) is 0 Å². The molecule has 7 nitrogen and oxygen atoms in total. The summed E-state index contributed by atoms with van der Waals surface area (Å²) >= 11 is 0. The van der Waals surface area contributed by atoms with Crippen LogP contribution in [0.2, 0.25) is 0 Å². The van der Waals surface area contributed by atoms with E-state index in [0.717, 1.165) is 32.8 Å². The van der Waals surface area contributed by atoms with Crippen LogP contribution in [-0.2, 0) is 14.8 Å². The van der Waals surface area contributed by atoms with Crippen molar-refractivity contribution in [2.24, 2.45) is 5.14 Å². The predicted molar refractivity (Wildman–Crippen MR) is 82.6 cm³/mol. The number of benzene rings is 1. The minimum Gasteiger partial charge on any atom is -0.399 e. The second-order valence-electron chi connectivity index (χ2n) is 5.29. The van der Waals surface area contributed by atoms with Gasteiger partial charge in [-0.25, -0.2) is 13.6 Å². The highest BCUT2D eigenvalue weighted by atomic mass is 32.2. The number of nitrogen functional groups attached to an aromatic ring is 1. The molecule has 0 spiro atoms. The third-order valence-electron chi connectivity index (χ3n) is 3.31. The van der Waals surface area contributed by atoms with Crippen molar-refractivity contribution < 1.29 is 13.2 Å². The van der Waals surface area contributed by atoms with Gasteiger partial charge in [0.15, 0.2) is 0 Å². The number of anilines is 2. The van der Waals surface area contributed by atoms with E-state index in [9.17, 15) is 8.42 Å². The summed E-state index contributed by atoms with van der Waals surface area (Å²) < 4.78 is 28.1. The average molecular weight is 314 g/mol. The topological polar surface area (TPSA) is 111 Å². The second-order valence-corrected chi connectivity index (χ2v) is 6.86. The molecule has 21 heavy (non-hydrogen) atoms. The van der Waals surface area contributed by atoms with Gasteiger partial charge in [0.2, 0.25) is 10.0 Å². The molecule has 1 unspecified atom stereocenters. The van der Waals surface area contributed by atoms with Crippen molar-refractivity contribution in [3.8, 4) is 0 Å². The fourth-order valence-electron chi connectivity index (χ4n) is 2.37. The highest BCUT2D eigenvalue weighted by Gasteiger charge is 2.15. The van der Waals surface area contributed by atoms with Crippen molar-refractivity contribution in [1.82, 2.24) is 4.90 Å². The first kappa shape index (κ1) is 16.0. The number of nitrogens with two attached hydrogens (primary N) is 2. The summed E-state index contributed by atoms with van der Waals surface area (Å²) in [6, 6.07) is 4.71. The van der Waals surface area contributed by atoms with Crippen LogP contribution in [0.25, 0.3) is 0 Å². The van der Waals surface area contributed by atoms with Gasteiger partial charge in [0.1, 0.15) is 0 Å².